The van der Waals surface area contributed by atoms with Gasteiger partial charge in [-0.15, -0.1) is 0 Å². The molecule has 0 heterocycles. The smallest absolute Gasteiger partial charge is 0.162 e. The fourth-order valence-corrected chi connectivity index (χ4v) is 7.00. The predicted octanol–water partition coefficient (Wildman–Crippen LogP) is 2.93. The lowest BCUT2D eigenvalue weighted by molar-refractivity contribution is -0.138. The summed E-state index contributed by atoms with van der Waals surface area (Å²) in [4.78, 5) is 12.1. The van der Waals surface area contributed by atoms with Crippen LogP contribution in [0.15, 0.2) is 0 Å². The number of ketones is 1. The first-order chi connectivity index (χ1) is 10.4. The van der Waals surface area contributed by atoms with Crippen LogP contribution in [-0.4, -0.2) is 28.2 Å². The highest BCUT2D eigenvalue weighted by molar-refractivity contribution is 5.86. The number of fused-ring (bicyclic) bond motifs is 5. The zero-order valence-corrected chi connectivity index (χ0v) is 13.9. The average molecular weight is 306 g/mol. The number of rotatable bonds is 0. The second-order valence-corrected chi connectivity index (χ2v) is 9.20. The monoisotopic (exact) mass is 306 g/mol. The summed E-state index contributed by atoms with van der Waals surface area (Å²) >= 11 is 0. The van der Waals surface area contributed by atoms with Crippen LogP contribution < -0.4 is 0 Å². The minimum Gasteiger partial charge on any atom is -0.393 e. The van der Waals surface area contributed by atoms with Crippen LogP contribution in [0.5, 0.6) is 0 Å². The van der Waals surface area contributed by atoms with Crippen molar-refractivity contribution in [2.45, 2.75) is 77.4 Å². The molecule has 4 fully saturated rings. The molecule has 0 aromatic heterocycles. The summed E-state index contributed by atoms with van der Waals surface area (Å²) in [6, 6.07) is 0. The standard InChI is InChI=1S/C19H30O3/c1-18-7-5-12(20)9-11(18)3-4-13-14(18)6-8-19(2)15(13)10-16(21)17(19)22/h11-15,17,20,22H,3-10H2,1-2H3/t11-,12-,13+,14-,15-,17-,18-,19-/m0/s1. The van der Waals surface area contributed by atoms with E-state index in [0.29, 0.717) is 35.5 Å². The van der Waals surface area contributed by atoms with Crippen LogP contribution >= 0.6 is 0 Å². The molecule has 22 heavy (non-hydrogen) atoms. The van der Waals surface area contributed by atoms with E-state index in [1.54, 1.807) is 0 Å². The average Bonchev–Trinajstić information content (AvgIpc) is 2.72. The van der Waals surface area contributed by atoms with E-state index in [-0.39, 0.29) is 17.3 Å². The molecule has 8 atom stereocenters. The van der Waals surface area contributed by atoms with E-state index < -0.39 is 6.10 Å². The lowest BCUT2D eigenvalue weighted by Crippen LogP contribution is -2.54. The van der Waals surface area contributed by atoms with Crippen LogP contribution in [0, 0.1) is 34.5 Å². The second kappa shape index (κ2) is 4.80. The first kappa shape index (κ1) is 15.1. The topological polar surface area (TPSA) is 57.5 Å². The molecule has 0 saturated heterocycles. The SMILES string of the molecule is C[C@]12CC[C@H](O)C[C@@H]1CC[C@@H]1[C@@H]2CC[C@]2(C)[C@@H](O)C(=O)C[C@@H]12. The van der Waals surface area contributed by atoms with Gasteiger partial charge >= 0.3 is 0 Å². The van der Waals surface area contributed by atoms with Crippen molar-refractivity contribution in [3.8, 4) is 0 Å². The Kier molecular flexibility index (Phi) is 3.30. The quantitative estimate of drug-likeness (QED) is 0.723. The molecular formula is C19H30O3. The van der Waals surface area contributed by atoms with Crippen molar-refractivity contribution >= 4 is 5.78 Å². The van der Waals surface area contributed by atoms with Crippen molar-refractivity contribution in [3.63, 3.8) is 0 Å². The Morgan fingerprint density at radius 2 is 1.68 bits per heavy atom. The van der Waals surface area contributed by atoms with Crippen LogP contribution in [0.1, 0.15) is 65.2 Å². The molecule has 0 radical (unpaired) electrons. The van der Waals surface area contributed by atoms with Gasteiger partial charge in [0.05, 0.1) is 6.10 Å². The summed E-state index contributed by atoms with van der Waals surface area (Å²) < 4.78 is 0. The largest absolute Gasteiger partial charge is 0.393 e. The van der Waals surface area contributed by atoms with Crippen LogP contribution in [0.3, 0.4) is 0 Å². The predicted molar refractivity (Wildman–Crippen MR) is 84.1 cm³/mol. The first-order valence-corrected chi connectivity index (χ1v) is 9.25. The van der Waals surface area contributed by atoms with Crippen molar-refractivity contribution < 1.29 is 15.0 Å². The second-order valence-electron chi connectivity index (χ2n) is 9.20. The van der Waals surface area contributed by atoms with E-state index in [1.807, 2.05) is 0 Å². The fourth-order valence-electron chi connectivity index (χ4n) is 7.00. The third-order valence-corrected chi connectivity index (χ3v) is 8.43. The van der Waals surface area contributed by atoms with Crippen LogP contribution in [0.4, 0.5) is 0 Å². The van der Waals surface area contributed by atoms with Gasteiger partial charge < -0.3 is 10.2 Å². The summed E-state index contributed by atoms with van der Waals surface area (Å²) in [6.45, 7) is 4.61. The van der Waals surface area contributed by atoms with Gasteiger partial charge in [0.25, 0.3) is 0 Å². The fraction of sp³-hybridized carbons (Fsp3) is 0.947. The maximum Gasteiger partial charge on any atom is 0.162 e. The Balaban J connectivity index is 1.64. The normalized spacial score (nSPS) is 57.9. The number of aliphatic hydroxyl groups is 2. The molecule has 0 aliphatic heterocycles. The van der Waals surface area contributed by atoms with Crippen LogP contribution in [-0.2, 0) is 4.79 Å². The zero-order valence-electron chi connectivity index (χ0n) is 13.9. The highest BCUT2D eigenvalue weighted by Gasteiger charge is 2.62. The third kappa shape index (κ3) is 1.84. The molecule has 4 rings (SSSR count). The first-order valence-electron chi connectivity index (χ1n) is 9.25. The van der Waals surface area contributed by atoms with Crippen molar-refractivity contribution in [1.29, 1.82) is 0 Å². The van der Waals surface area contributed by atoms with Gasteiger partial charge in [-0.25, -0.2) is 0 Å². The van der Waals surface area contributed by atoms with Crippen LogP contribution in [0.25, 0.3) is 0 Å². The molecule has 3 heteroatoms. The summed E-state index contributed by atoms with van der Waals surface area (Å²) in [5, 5.41) is 20.4. The maximum absolute atomic E-state index is 12.1. The molecule has 0 aromatic carbocycles. The van der Waals surface area contributed by atoms with E-state index in [4.69, 9.17) is 0 Å². The lowest BCUT2D eigenvalue weighted by atomic mass is 9.45. The Labute approximate surface area is 133 Å². The lowest BCUT2D eigenvalue weighted by Gasteiger charge is -2.60. The molecule has 0 aromatic rings. The highest BCUT2D eigenvalue weighted by Crippen LogP contribution is 2.65. The van der Waals surface area contributed by atoms with Crippen molar-refractivity contribution in [1.82, 2.24) is 0 Å². The molecular weight excluding hydrogens is 276 g/mol. The number of hydrogen-bond donors (Lipinski definition) is 2. The minimum absolute atomic E-state index is 0.0829. The van der Waals surface area contributed by atoms with E-state index in [1.165, 1.54) is 12.8 Å². The van der Waals surface area contributed by atoms with Gasteiger partial charge in [0.15, 0.2) is 5.78 Å². The third-order valence-electron chi connectivity index (χ3n) is 8.43. The molecule has 0 amide bonds. The Morgan fingerprint density at radius 1 is 0.955 bits per heavy atom. The molecule has 0 unspecified atom stereocenters. The van der Waals surface area contributed by atoms with Gasteiger partial charge in [-0.2, -0.15) is 0 Å². The van der Waals surface area contributed by atoms with Gasteiger partial charge in [-0.05, 0) is 74.0 Å². The number of carbonyl (C=O) groups excluding carboxylic acids is 1. The zero-order chi connectivity index (χ0) is 15.7. The van der Waals surface area contributed by atoms with Crippen molar-refractivity contribution in [2.24, 2.45) is 34.5 Å². The van der Waals surface area contributed by atoms with Gasteiger partial charge in [-0.1, -0.05) is 13.8 Å². The molecule has 4 saturated carbocycles. The number of aliphatic hydroxyl groups excluding tert-OH is 2. The summed E-state index contributed by atoms with van der Waals surface area (Å²) in [5.74, 6) is 2.42. The van der Waals surface area contributed by atoms with Gasteiger partial charge in [0, 0.05) is 11.8 Å². The summed E-state index contributed by atoms with van der Waals surface area (Å²) in [7, 11) is 0. The Hall–Kier alpha value is -0.410. The van der Waals surface area contributed by atoms with Crippen molar-refractivity contribution in [3.05, 3.63) is 0 Å². The molecule has 124 valence electrons. The van der Waals surface area contributed by atoms with E-state index >= 15 is 0 Å². The highest BCUT2D eigenvalue weighted by atomic mass is 16.3. The molecule has 3 nitrogen and oxygen atoms in total. The Bertz CT molecular complexity index is 489. The van der Waals surface area contributed by atoms with Crippen molar-refractivity contribution in [2.75, 3.05) is 0 Å². The van der Waals surface area contributed by atoms with Gasteiger partial charge in [-0.3, -0.25) is 4.79 Å². The molecule has 4 aliphatic carbocycles. The van der Waals surface area contributed by atoms with Gasteiger partial charge in [0.1, 0.15) is 6.10 Å². The molecule has 4 aliphatic rings. The summed E-state index contributed by atoms with van der Waals surface area (Å²) in [6.07, 6.45) is 7.38. The van der Waals surface area contributed by atoms with Crippen LogP contribution in [0.2, 0.25) is 0 Å². The number of Topliss-reactive ketones (excluding diaryl/α,β-unsaturated/α-hetero) is 1. The maximum atomic E-state index is 12.1. The minimum atomic E-state index is -0.725. The number of carbonyl (C=O) groups is 1. The van der Waals surface area contributed by atoms with E-state index in [2.05, 4.69) is 13.8 Å². The summed E-state index contributed by atoms with van der Waals surface area (Å²) in [5.41, 5.74) is 0.176. The molecule has 2 N–H and O–H groups in total. The number of hydrogen-bond acceptors (Lipinski definition) is 3. The molecule has 0 bridgehead atoms. The molecule has 0 spiro atoms. The van der Waals surface area contributed by atoms with E-state index in [0.717, 1.165) is 32.1 Å². The van der Waals surface area contributed by atoms with E-state index in [9.17, 15) is 15.0 Å². The Morgan fingerprint density at radius 3 is 2.45 bits per heavy atom. The van der Waals surface area contributed by atoms with Gasteiger partial charge in [0.2, 0.25) is 0 Å².